The highest BCUT2D eigenvalue weighted by Crippen LogP contribution is 2.11. The zero-order valence-electron chi connectivity index (χ0n) is 8.39. The maximum Gasteiger partial charge on any atom is 0.116 e. The van der Waals surface area contributed by atoms with Crippen LogP contribution in [0.1, 0.15) is 31.5 Å². The lowest BCUT2D eigenvalue weighted by Gasteiger charge is -2.05. The van der Waals surface area contributed by atoms with E-state index in [1.54, 1.807) is 0 Å². The highest BCUT2D eigenvalue weighted by Gasteiger charge is 2.05. The third kappa shape index (κ3) is 2.10. The van der Waals surface area contributed by atoms with Gasteiger partial charge in [0.15, 0.2) is 0 Å². The lowest BCUT2D eigenvalue weighted by molar-refractivity contribution is 0.563. The molecule has 0 atom stereocenters. The molecule has 12 heavy (non-hydrogen) atoms. The number of rotatable bonds is 3. The molecule has 0 aliphatic heterocycles. The molecule has 0 aromatic carbocycles. The number of hydrogen-bond acceptors (Lipinski definition) is 1. The smallest absolute Gasteiger partial charge is 0.116 e. The average molecular weight is 165 g/mol. The molecule has 0 aliphatic rings. The van der Waals surface area contributed by atoms with Crippen molar-refractivity contribution in [1.29, 1.82) is 0 Å². The first-order valence-corrected chi connectivity index (χ1v) is 4.51. The zero-order chi connectivity index (χ0) is 9.14. The molecule has 0 unspecified atom stereocenters. The van der Waals surface area contributed by atoms with Gasteiger partial charge in [0.25, 0.3) is 0 Å². The fraction of sp³-hybridized carbons (Fsp3) is 0.700. The molecule has 0 bridgehead atoms. The van der Waals surface area contributed by atoms with Crippen LogP contribution in [0.25, 0.3) is 0 Å². The minimum atomic E-state index is 0.763. The van der Waals surface area contributed by atoms with Crippen LogP contribution in [0.3, 0.4) is 0 Å². The Morgan fingerprint density at radius 2 is 2.17 bits per heavy atom. The molecule has 67 valence electrons. The normalized spacial score (nSPS) is 11.1. The molecular formula is C10H17N2. The van der Waals surface area contributed by atoms with Crippen LogP contribution in [-0.4, -0.2) is 9.78 Å². The first-order valence-electron chi connectivity index (χ1n) is 4.51. The van der Waals surface area contributed by atoms with E-state index in [1.807, 2.05) is 11.7 Å². The summed E-state index contributed by atoms with van der Waals surface area (Å²) in [5, 5.41) is 4.09. The molecule has 0 N–H and O–H groups in total. The Labute approximate surface area is 74.6 Å². The highest BCUT2D eigenvalue weighted by molar-refractivity contribution is 5.14. The van der Waals surface area contributed by atoms with Crippen molar-refractivity contribution in [3.8, 4) is 0 Å². The van der Waals surface area contributed by atoms with Crippen molar-refractivity contribution in [3.63, 3.8) is 0 Å². The molecule has 0 saturated carbocycles. The largest absolute Gasteiger partial charge is 0.272 e. The van der Waals surface area contributed by atoms with Gasteiger partial charge in [-0.25, -0.2) is 0 Å². The SMILES string of the molecule is Cc1[c]nn(C)c1CCC(C)C. The minimum Gasteiger partial charge on any atom is -0.272 e. The zero-order valence-corrected chi connectivity index (χ0v) is 8.39. The number of nitrogens with zero attached hydrogens (tertiary/aromatic N) is 2. The van der Waals surface area contributed by atoms with E-state index in [1.165, 1.54) is 17.7 Å². The van der Waals surface area contributed by atoms with Crippen molar-refractivity contribution in [3.05, 3.63) is 17.5 Å². The minimum absolute atomic E-state index is 0.763. The number of aromatic nitrogens is 2. The van der Waals surface area contributed by atoms with Gasteiger partial charge in [0.05, 0.1) is 0 Å². The van der Waals surface area contributed by atoms with Crippen LogP contribution in [0.2, 0.25) is 0 Å². The number of aryl methyl sites for hydroxylation is 2. The van der Waals surface area contributed by atoms with Crippen molar-refractivity contribution in [1.82, 2.24) is 9.78 Å². The maximum atomic E-state index is 4.09. The quantitative estimate of drug-likeness (QED) is 0.670. The van der Waals surface area contributed by atoms with Gasteiger partial charge < -0.3 is 0 Å². The third-order valence-electron chi connectivity index (χ3n) is 2.15. The van der Waals surface area contributed by atoms with Gasteiger partial charge in [-0.2, -0.15) is 5.10 Å². The summed E-state index contributed by atoms with van der Waals surface area (Å²) in [6.45, 7) is 6.56. The second-order valence-corrected chi connectivity index (χ2v) is 3.74. The van der Waals surface area contributed by atoms with Crippen molar-refractivity contribution in [2.24, 2.45) is 13.0 Å². The Hall–Kier alpha value is -0.790. The van der Waals surface area contributed by atoms with Crippen LogP contribution in [0.5, 0.6) is 0 Å². The standard InChI is InChI=1S/C10H17N2/c1-8(2)5-6-10-9(3)7-11-12(10)4/h8H,5-6H2,1-4H3. The van der Waals surface area contributed by atoms with Gasteiger partial charge in [0, 0.05) is 12.7 Å². The molecular weight excluding hydrogens is 148 g/mol. The summed E-state index contributed by atoms with van der Waals surface area (Å²) in [5.74, 6) is 0.763. The predicted octanol–water partition coefficient (Wildman–Crippen LogP) is 2.12. The Morgan fingerprint density at radius 1 is 1.50 bits per heavy atom. The van der Waals surface area contributed by atoms with Gasteiger partial charge in [0.1, 0.15) is 6.20 Å². The monoisotopic (exact) mass is 165 g/mol. The Balaban J connectivity index is 2.62. The fourth-order valence-electron chi connectivity index (χ4n) is 1.29. The van der Waals surface area contributed by atoms with Crippen LogP contribution >= 0.6 is 0 Å². The molecule has 1 radical (unpaired) electrons. The van der Waals surface area contributed by atoms with Gasteiger partial charge in [-0.15, -0.1) is 0 Å². The van der Waals surface area contributed by atoms with Crippen molar-refractivity contribution in [2.75, 3.05) is 0 Å². The maximum absolute atomic E-state index is 4.09. The Morgan fingerprint density at radius 3 is 2.58 bits per heavy atom. The van der Waals surface area contributed by atoms with Crippen molar-refractivity contribution >= 4 is 0 Å². The van der Waals surface area contributed by atoms with Crippen LogP contribution in [0, 0.1) is 19.0 Å². The summed E-state index contributed by atoms with van der Waals surface area (Å²) in [4.78, 5) is 0. The van der Waals surface area contributed by atoms with E-state index in [2.05, 4.69) is 32.1 Å². The van der Waals surface area contributed by atoms with E-state index in [0.29, 0.717) is 0 Å². The predicted molar refractivity (Wildman–Crippen MR) is 49.9 cm³/mol. The second kappa shape index (κ2) is 3.74. The van der Waals surface area contributed by atoms with Gasteiger partial charge in [0.2, 0.25) is 0 Å². The van der Waals surface area contributed by atoms with E-state index in [9.17, 15) is 0 Å². The van der Waals surface area contributed by atoms with Crippen molar-refractivity contribution < 1.29 is 0 Å². The van der Waals surface area contributed by atoms with E-state index in [0.717, 1.165) is 12.3 Å². The summed E-state index contributed by atoms with van der Waals surface area (Å²) >= 11 is 0. The lowest BCUT2D eigenvalue weighted by atomic mass is 10.0. The van der Waals surface area contributed by atoms with Crippen LogP contribution < -0.4 is 0 Å². The summed E-state index contributed by atoms with van der Waals surface area (Å²) < 4.78 is 1.93. The topological polar surface area (TPSA) is 17.8 Å². The molecule has 2 heteroatoms. The molecule has 0 spiro atoms. The van der Waals surface area contributed by atoms with Gasteiger partial charge >= 0.3 is 0 Å². The molecule has 1 heterocycles. The summed E-state index contributed by atoms with van der Waals surface area (Å²) in [6.07, 6.45) is 5.33. The van der Waals surface area contributed by atoms with Crippen molar-refractivity contribution in [2.45, 2.75) is 33.6 Å². The van der Waals surface area contributed by atoms with Gasteiger partial charge in [-0.1, -0.05) is 13.8 Å². The molecule has 0 aliphatic carbocycles. The van der Waals surface area contributed by atoms with E-state index < -0.39 is 0 Å². The molecule has 1 rings (SSSR count). The molecule has 1 aromatic heterocycles. The van der Waals surface area contributed by atoms with E-state index >= 15 is 0 Å². The molecule has 0 amide bonds. The number of hydrogen-bond donors (Lipinski definition) is 0. The Bertz CT molecular complexity index is 229. The first-order chi connectivity index (χ1) is 5.61. The lowest BCUT2D eigenvalue weighted by Crippen LogP contribution is -2.01. The third-order valence-corrected chi connectivity index (χ3v) is 2.15. The van der Waals surface area contributed by atoms with E-state index in [-0.39, 0.29) is 0 Å². The van der Waals surface area contributed by atoms with Crippen LogP contribution in [0.4, 0.5) is 0 Å². The summed E-state index contributed by atoms with van der Waals surface area (Å²) in [6, 6.07) is 0. The second-order valence-electron chi connectivity index (χ2n) is 3.74. The molecule has 1 aromatic rings. The molecule has 0 fully saturated rings. The van der Waals surface area contributed by atoms with Gasteiger partial charge in [-0.05, 0) is 31.2 Å². The molecule has 2 nitrogen and oxygen atoms in total. The van der Waals surface area contributed by atoms with Gasteiger partial charge in [-0.3, -0.25) is 4.68 Å². The van der Waals surface area contributed by atoms with E-state index in [4.69, 9.17) is 0 Å². The first kappa shape index (κ1) is 9.30. The summed E-state index contributed by atoms with van der Waals surface area (Å²) in [5.41, 5.74) is 2.52. The Kier molecular flexibility index (Phi) is 2.90. The van der Waals surface area contributed by atoms with Crippen LogP contribution in [0.15, 0.2) is 0 Å². The van der Waals surface area contributed by atoms with Crippen LogP contribution in [-0.2, 0) is 13.5 Å². The average Bonchev–Trinajstić information content (AvgIpc) is 2.28. The highest BCUT2D eigenvalue weighted by atomic mass is 15.3. The summed E-state index contributed by atoms with van der Waals surface area (Å²) in [7, 11) is 1.99. The fourth-order valence-corrected chi connectivity index (χ4v) is 1.29. The molecule has 0 saturated heterocycles.